The number of H-pyrrole nitrogens is 1. The van der Waals surface area contributed by atoms with E-state index in [2.05, 4.69) is 22.2 Å². The molecule has 4 N–H and O–H groups in total. The van der Waals surface area contributed by atoms with Gasteiger partial charge in [0.1, 0.15) is 6.04 Å². The predicted molar refractivity (Wildman–Crippen MR) is 120 cm³/mol. The second kappa shape index (κ2) is 11.1. The van der Waals surface area contributed by atoms with Gasteiger partial charge in [0.25, 0.3) is 0 Å². The van der Waals surface area contributed by atoms with Crippen LogP contribution in [0.15, 0.2) is 30.5 Å². The van der Waals surface area contributed by atoms with Gasteiger partial charge in [-0.2, -0.15) is 0 Å². The van der Waals surface area contributed by atoms with Crippen LogP contribution < -0.4 is 11.1 Å². The first-order chi connectivity index (χ1) is 14.4. The quantitative estimate of drug-likeness (QED) is 0.615. The SMILES string of the molecule is CC.COC(C(C)C(=O)N[C@@H](Cc1c[nH]c2ccccc12)C(N)=O)C1CCCN1C. The molecule has 0 bridgehead atoms. The average molecular weight is 417 g/mol. The molecule has 0 spiro atoms. The van der Waals surface area contributed by atoms with Gasteiger partial charge in [-0.1, -0.05) is 39.0 Å². The second-order valence-electron chi connectivity index (χ2n) is 7.71. The van der Waals surface area contributed by atoms with E-state index in [1.54, 1.807) is 7.11 Å². The number of nitrogens with two attached hydrogens (primary N) is 1. The van der Waals surface area contributed by atoms with Crippen molar-refractivity contribution in [2.24, 2.45) is 11.7 Å². The number of likely N-dealkylation sites (N-methyl/N-ethyl adjacent to an activating group) is 1. The summed E-state index contributed by atoms with van der Waals surface area (Å²) in [6.45, 7) is 6.85. The number of hydrogen-bond donors (Lipinski definition) is 3. The van der Waals surface area contributed by atoms with Crippen LogP contribution in [0.25, 0.3) is 10.9 Å². The molecule has 4 atom stereocenters. The number of fused-ring (bicyclic) bond motifs is 1. The number of carbonyl (C=O) groups is 2. The Kier molecular flexibility index (Phi) is 8.87. The highest BCUT2D eigenvalue weighted by Crippen LogP contribution is 2.25. The average Bonchev–Trinajstić information content (AvgIpc) is 3.36. The van der Waals surface area contributed by atoms with Gasteiger partial charge >= 0.3 is 0 Å². The van der Waals surface area contributed by atoms with Gasteiger partial charge in [-0.25, -0.2) is 0 Å². The molecule has 0 radical (unpaired) electrons. The minimum atomic E-state index is -0.770. The number of amides is 2. The standard InChI is InChI=1S/C21H30N4O3.C2H6/c1-13(19(28-3)18-9-6-10-25(18)2)21(27)24-17(20(22)26)11-14-12-23-16-8-5-4-7-15(14)16;1-2/h4-5,7-8,12-13,17-19,23H,6,9-11H2,1-3H3,(H2,22,26)(H,24,27);1-2H3/t13?,17-,18?,19?;/m0./s1. The van der Waals surface area contributed by atoms with E-state index in [1.807, 2.05) is 51.2 Å². The molecule has 2 aromatic rings. The third-order valence-corrected chi connectivity index (χ3v) is 5.89. The first kappa shape index (κ1) is 23.9. The lowest BCUT2D eigenvalue weighted by Gasteiger charge is -2.32. The number of benzene rings is 1. The van der Waals surface area contributed by atoms with Crippen LogP contribution in [-0.2, 0) is 20.7 Å². The number of rotatable bonds is 8. The molecule has 1 aromatic heterocycles. The molecule has 1 saturated heterocycles. The summed E-state index contributed by atoms with van der Waals surface area (Å²) in [5, 5.41) is 3.87. The van der Waals surface area contributed by atoms with Gasteiger partial charge in [0.15, 0.2) is 0 Å². The van der Waals surface area contributed by atoms with Crippen LogP contribution in [0.5, 0.6) is 0 Å². The van der Waals surface area contributed by atoms with Crippen molar-refractivity contribution < 1.29 is 14.3 Å². The summed E-state index contributed by atoms with van der Waals surface area (Å²) in [6, 6.07) is 7.28. The van der Waals surface area contributed by atoms with E-state index in [-0.39, 0.29) is 24.0 Å². The fraction of sp³-hybridized carbons (Fsp3) is 0.565. The van der Waals surface area contributed by atoms with Crippen molar-refractivity contribution in [3.8, 4) is 0 Å². The molecule has 3 rings (SSSR count). The first-order valence-electron chi connectivity index (χ1n) is 10.8. The normalized spacial score (nSPS) is 19.6. The van der Waals surface area contributed by atoms with Crippen LogP contribution in [0, 0.1) is 5.92 Å². The highest BCUT2D eigenvalue weighted by molar-refractivity contribution is 5.89. The van der Waals surface area contributed by atoms with Crippen molar-refractivity contribution in [1.82, 2.24) is 15.2 Å². The maximum atomic E-state index is 12.9. The second-order valence-corrected chi connectivity index (χ2v) is 7.71. The third kappa shape index (κ3) is 5.40. The molecule has 1 aromatic carbocycles. The molecular formula is C23H36N4O3. The lowest BCUT2D eigenvalue weighted by atomic mass is 9.94. The Bertz CT molecular complexity index is 835. The van der Waals surface area contributed by atoms with Crippen LogP contribution in [0.4, 0.5) is 0 Å². The summed E-state index contributed by atoms with van der Waals surface area (Å²) in [5.74, 6) is -1.14. The van der Waals surface area contributed by atoms with Crippen molar-refractivity contribution in [2.75, 3.05) is 20.7 Å². The molecule has 2 amide bonds. The van der Waals surface area contributed by atoms with Crippen LogP contribution in [0.1, 0.15) is 39.2 Å². The lowest BCUT2D eigenvalue weighted by Crippen LogP contribution is -2.52. The number of primary amides is 1. The number of ether oxygens (including phenoxy) is 1. The van der Waals surface area contributed by atoms with Crippen LogP contribution in [0.2, 0.25) is 0 Å². The van der Waals surface area contributed by atoms with Crippen molar-refractivity contribution in [1.29, 1.82) is 0 Å². The van der Waals surface area contributed by atoms with E-state index >= 15 is 0 Å². The molecule has 2 heterocycles. The maximum Gasteiger partial charge on any atom is 0.240 e. The van der Waals surface area contributed by atoms with Crippen LogP contribution >= 0.6 is 0 Å². The fourth-order valence-corrected chi connectivity index (χ4v) is 4.24. The number of hydrogen-bond acceptors (Lipinski definition) is 4. The van der Waals surface area contributed by atoms with Gasteiger partial charge in [0.2, 0.25) is 11.8 Å². The summed E-state index contributed by atoms with van der Waals surface area (Å²) in [4.78, 5) is 30.3. The molecule has 166 valence electrons. The Hall–Kier alpha value is -2.38. The van der Waals surface area contributed by atoms with Gasteiger partial charge in [-0.15, -0.1) is 0 Å². The third-order valence-electron chi connectivity index (χ3n) is 5.89. The number of aromatic nitrogens is 1. The summed E-state index contributed by atoms with van der Waals surface area (Å²) >= 11 is 0. The number of para-hydroxylation sites is 1. The maximum absolute atomic E-state index is 12.9. The highest BCUT2D eigenvalue weighted by atomic mass is 16.5. The van der Waals surface area contributed by atoms with Crippen LogP contribution in [-0.4, -0.2) is 60.6 Å². The number of carbonyl (C=O) groups excluding carboxylic acids is 2. The zero-order valence-electron chi connectivity index (χ0n) is 18.8. The fourth-order valence-electron chi connectivity index (χ4n) is 4.24. The Morgan fingerprint density at radius 2 is 2.03 bits per heavy atom. The number of likely N-dealkylation sites (tertiary alicyclic amines) is 1. The highest BCUT2D eigenvalue weighted by Gasteiger charge is 2.37. The molecular weight excluding hydrogens is 380 g/mol. The van der Waals surface area contributed by atoms with Crippen molar-refractivity contribution in [3.05, 3.63) is 36.0 Å². The molecule has 1 fully saturated rings. The molecule has 1 aliphatic rings. The molecule has 3 unspecified atom stereocenters. The Balaban J connectivity index is 0.00000155. The van der Waals surface area contributed by atoms with E-state index in [4.69, 9.17) is 10.5 Å². The van der Waals surface area contributed by atoms with Crippen molar-refractivity contribution in [2.45, 2.75) is 58.2 Å². The topological polar surface area (TPSA) is 100 Å². The Labute approximate surface area is 179 Å². The minimum Gasteiger partial charge on any atom is -0.379 e. The van der Waals surface area contributed by atoms with E-state index < -0.39 is 11.9 Å². The zero-order chi connectivity index (χ0) is 22.3. The molecule has 0 saturated carbocycles. The van der Waals surface area contributed by atoms with Crippen molar-refractivity contribution in [3.63, 3.8) is 0 Å². The zero-order valence-corrected chi connectivity index (χ0v) is 18.8. The largest absolute Gasteiger partial charge is 0.379 e. The molecule has 1 aliphatic heterocycles. The number of nitrogens with one attached hydrogen (secondary N) is 2. The first-order valence-corrected chi connectivity index (χ1v) is 10.8. The van der Waals surface area contributed by atoms with E-state index in [9.17, 15) is 9.59 Å². The molecule has 0 aliphatic carbocycles. The van der Waals surface area contributed by atoms with E-state index in [1.165, 1.54) is 0 Å². The number of methoxy groups -OCH3 is 1. The summed E-state index contributed by atoms with van der Waals surface area (Å²) in [5.41, 5.74) is 7.54. The van der Waals surface area contributed by atoms with E-state index in [0.29, 0.717) is 6.42 Å². The smallest absolute Gasteiger partial charge is 0.240 e. The van der Waals surface area contributed by atoms with Gasteiger partial charge in [0.05, 0.1) is 12.0 Å². The van der Waals surface area contributed by atoms with Crippen molar-refractivity contribution >= 4 is 22.7 Å². The van der Waals surface area contributed by atoms with Gasteiger partial charge in [-0.3, -0.25) is 9.59 Å². The lowest BCUT2D eigenvalue weighted by molar-refractivity contribution is -0.134. The van der Waals surface area contributed by atoms with E-state index in [0.717, 1.165) is 35.9 Å². The molecule has 7 nitrogen and oxygen atoms in total. The van der Waals surface area contributed by atoms with Gasteiger partial charge < -0.3 is 25.7 Å². The van der Waals surface area contributed by atoms with Gasteiger partial charge in [0, 0.05) is 36.7 Å². The predicted octanol–water partition coefficient (Wildman–Crippen LogP) is 2.45. The van der Waals surface area contributed by atoms with Crippen LogP contribution in [0.3, 0.4) is 0 Å². The molecule has 7 heteroatoms. The number of aromatic amines is 1. The Morgan fingerprint density at radius 1 is 1.33 bits per heavy atom. The summed E-state index contributed by atoms with van der Waals surface area (Å²) in [7, 11) is 3.69. The number of nitrogens with zero attached hydrogens (tertiary/aromatic N) is 1. The minimum absolute atomic E-state index is 0.200. The molecule has 30 heavy (non-hydrogen) atoms. The summed E-state index contributed by atoms with van der Waals surface area (Å²) < 4.78 is 5.67. The monoisotopic (exact) mass is 416 g/mol. The Morgan fingerprint density at radius 3 is 2.63 bits per heavy atom. The van der Waals surface area contributed by atoms with Gasteiger partial charge in [-0.05, 0) is 38.1 Å². The summed E-state index contributed by atoms with van der Waals surface area (Å²) in [6.07, 6.45) is 4.08.